The smallest absolute Gasteiger partial charge is 0.307 e. The molecule has 0 heterocycles. The van der Waals surface area contributed by atoms with Crippen LogP contribution in [0.15, 0.2) is 0 Å². The minimum absolute atomic E-state index is 0.112. The summed E-state index contributed by atoms with van der Waals surface area (Å²) < 4.78 is 9.19. The van der Waals surface area contributed by atoms with Crippen molar-refractivity contribution in [2.45, 2.75) is 12.5 Å². The van der Waals surface area contributed by atoms with E-state index in [0.29, 0.717) is 0 Å². The molecule has 82 valence electrons. The van der Waals surface area contributed by atoms with Crippen molar-refractivity contribution in [2.24, 2.45) is 5.73 Å². The first-order valence-electron chi connectivity index (χ1n) is 4.23. The zero-order chi connectivity index (χ0) is 11.0. The summed E-state index contributed by atoms with van der Waals surface area (Å²) in [5, 5.41) is 2.51. The van der Waals surface area contributed by atoms with Crippen molar-refractivity contribution in [2.75, 3.05) is 27.3 Å². The van der Waals surface area contributed by atoms with Crippen LogP contribution in [0.3, 0.4) is 0 Å². The number of amides is 1. The molecule has 0 fully saturated rings. The van der Waals surface area contributed by atoms with Crippen LogP contribution in [-0.2, 0) is 19.1 Å². The summed E-state index contributed by atoms with van der Waals surface area (Å²) in [6.45, 7) is 0.339. The zero-order valence-corrected chi connectivity index (χ0v) is 8.41. The first-order chi connectivity index (χ1) is 6.65. The van der Waals surface area contributed by atoms with E-state index < -0.39 is 6.10 Å². The molecule has 0 saturated heterocycles. The first kappa shape index (κ1) is 12.9. The highest BCUT2D eigenvalue weighted by Gasteiger charge is 2.14. The van der Waals surface area contributed by atoms with Crippen LogP contribution in [-0.4, -0.2) is 45.3 Å². The van der Waals surface area contributed by atoms with E-state index in [2.05, 4.69) is 10.1 Å². The van der Waals surface area contributed by atoms with Gasteiger partial charge in [-0.15, -0.1) is 0 Å². The van der Waals surface area contributed by atoms with Crippen molar-refractivity contribution in [1.29, 1.82) is 0 Å². The molecule has 3 N–H and O–H groups in total. The van der Waals surface area contributed by atoms with Crippen LogP contribution >= 0.6 is 0 Å². The zero-order valence-electron chi connectivity index (χ0n) is 8.41. The van der Waals surface area contributed by atoms with Crippen molar-refractivity contribution < 1.29 is 19.1 Å². The van der Waals surface area contributed by atoms with Crippen molar-refractivity contribution >= 4 is 11.9 Å². The molecule has 0 bridgehead atoms. The van der Waals surface area contributed by atoms with E-state index in [9.17, 15) is 9.59 Å². The highest BCUT2D eigenvalue weighted by molar-refractivity contribution is 5.81. The first-order valence-corrected chi connectivity index (χ1v) is 4.23. The average Bonchev–Trinajstić information content (AvgIpc) is 2.19. The summed E-state index contributed by atoms with van der Waals surface area (Å²) in [6.07, 6.45) is -0.517. The molecule has 0 aromatic carbocycles. The molecule has 14 heavy (non-hydrogen) atoms. The summed E-state index contributed by atoms with van der Waals surface area (Å²) >= 11 is 0. The standard InChI is InChI=1S/C8H16N2O4/c1-13-6(5-9)8(12)10-4-3-7(11)14-2/h6H,3-5,9H2,1-2H3,(H,10,12). The number of carbonyl (C=O) groups excluding carboxylic acids is 2. The Morgan fingerprint density at radius 1 is 1.43 bits per heavy atom. The molecule has 0 aromatic rings. The van der Waals surface area contributed by atoms with Gasteiger partial charge in [-0.1, -0.05) is 0 Å². The van der Waals surface area contributed by atoms with Crippen LogP contribution in [0.1, 0.15) is 6.42 Å². The van der Waals surface area contributed by atoms with Gasteiger partial charge in [0.2, 0.25) is 5.91 Å². The lowest BCUT2D eigenvalue weighted by Crippen LogP contribution is -2.41. The molecule has 0 radical (unpaired) electrons. The number of rotatable bonds is 6. The number of ether oxygens (including phenoxy) is 2. The molecule has 1 unspecified atom stereocenters. The maximum atomic E-state index is 11.2. The Morgan fingerprint density at radius 3 is 2.50 bits per heavy atom. The summed E-state index contributed by atoms with van der Waals surface area (Å²) in [5.41, 5.74) is 5.26. The second-order valence-corrected chi connectivity index (χ2v) is 2.58. The highest BCUT2D eigenvalue weighted by Crippen LogP contribution is 1.88. The van der Waals surface area contributed by atoms with Crippen LogP contribution in [0.5, 0.6) is 0 Å². The molecule has 0 aliphatic heterocycles. The van der Waals surface area contributed by atoms with Gasteiger partial charge < -0.3 is 20.5 Å². The van der Waals surface area contributed by atoms with Crippen LogP contribution in [0.4, 0.5) is 0 Å². The van der Waals surface area contributed by atoms with E-state index in [-0.39, 0.29) is 31.4 Å². The van der Waals surface area contributed by atoms with Gasteiger partial charge in [0.15, 0.2) is 0 Å². The number of carbonyl (C=O) groups is 2. The van der Waals surface area contributed by atoms with Crippen molar-refractivity contribution in [1.82, 2.24) is 5.32 Å². The van der Waals surface area contributed by atoms with E-state index in [1.54, 1.807) is 0 Å². The Labute approximate surface area is 82.7 Å². The third-order valence-electron chi connectivity index (χ3n) is 1.65. The Balaban J connectivity index is 3.67. The average molecular weight is 204 g/mol. The van der Waals surface area contributed by atoms with Gasteiger partial charge in [0.1, 0.15) is 6.10 Å². The van der Waals surface area contributed by atoms with E-state index >= 15 is 0 Å². The van der Waals surface area contributed by atoms with Crippen molar-refractivity contribution in [3.05, 3.63) is 0 Å². The number of hydrogen-bond acceptors (Lipinski definition) is 5. The quantitative estimate of drug-likeness (QED) is 0.521. The molecule has 0 aromatic heterocycles. The fourth-order valence-corrected chi connectivity index (χ4v) is 0.814. The molecular formula is C8H16N2O4. The lowest BCUT2D eigenvalue weighted by Gasteiger charge is -2.12. The van der Waals surface area contributed by atoms with Gasteiger partial charge in [0.05, 0.1) is 13.5 Å². The summed E-state index contributed by atoms with van der Waals surface area (Å²) in [5.74, 6) is -0.689. The second-order valence-electron chi connectivity index (χ2n) is 2.58. The molecule has 0 saturated carbocycles. The lowest BCUT2D eigenvalue weighted by atomic mass is 10.3. The number of hydrogen-bond donors (Lipinski definition) is 2. The molecule has 6 nitrogen and oxygen atoms in total. The summed E-state index contributed by atoms with van der Waals surface area (Å²) in [6, 6.07) is 0. The van der Waals surface area contributed by atoms with Gasteiger partial charge in [-0.2, -0.15) is 0 Å². The highest BCUT2D eigenvalue weighted by atomic mass is 16.5. The predicted molar refractivity (Wildman–Crippen MR) is 49.5 cm³/mol. The topological polar surface area (TPSA) is 90.7 Å². The van der Waals surface area contributed by atoms with Crippen LogP contribution in [0.25, 0.3) is 0 Å². The van der Waals surface area contributed by atoms with Crippen LogP contribution < -0.4 is 11.1 Å². The maximum Gasteiger partial charge on any atom is 0.307 e. The second kappa shape index (κ2) is 7.28. The Kier molecular flexibility index (Phi) is 6.69. The van der Waals surface area contributed by atoms with Crippen molar-refractivity contribution in [3.8, 4) is 0 Å². The van der Waals surface area contributed by atoms with Gasteiger partial charge in [0, 0.05) is 20.2 Å². The normalized spacial score (nSPS) is 11.9. The Hall–Kier alpha value is -1.14. The number of nitrogens with two attached hydrogens (primary N) is 1. The van der Waals surface area contributed by atoms with Gasteiger partial charge in [-0.05, 0) is 0 Å². The molecule has 0 aliphatic rings. The molecule has 1 atom stereocenters. The number of nitrogens with one attached hydrogen (secondary N) is 1. The van der Waals surface area contributed by atoms with Gasteiger partial charge in [-0.3, -0.25) is 9.59 Å². The Bertz CT molecular complexity index is 192. The molecule has 0 aliphatic carbocycles. The van der Waals surface area contributed by atoms with E-state index in [1.165, 1.54) is 14.2 Å². The number of methoxy groups -OCH3 is 2. The lowest BCUT2D eigenvalue weighted by molar-refractivity contribution is -0.140. The molecule has 0 rings (SSSR count). The van der Waals surface area contributed by atoms with Gasteiger partial charge in [-0.25, -0.2) is 0 Å². The SMILES string of the molecule is COC(=O)CCNC(=O)C(CN)OC. The Morgan fingerprint density at radius 2 is 2.07 bits per heavy atom. The monoisotopic (exact) mass is 204 g/mol. The van der Waals surface area contributed by atoms with Crippen LogP contribution in [0, 0.1) is 0 Å². The van der Waals surface area contributed by atoms with E-state index in [1.807, 2.05) is 0 Å². The third-order valence-corrected chi connectivity index (χ3v) is 1.65. The van der Waals surface area contributed by atoms with Gasteiger partial charge in [0.25, 0.3) is 0 Å². The molecule has 0 spiro atoms. The largest absolute Gasteiger partial charge is 0.469 e. The van der Waals surface area contributed by atoms with Gasteiger partial charge >= 0.3 is 5.97 Å². The van der Waals surface area contributed by atoms with E-state index in [4.69, 9.17) is 10.5 Å². The third kappa shape index (κ3) is 4.78. The predicted octanol–water partition coefficient (Wildman–Crippen LogP) is -1.36. The molecule has 1 amide bonds. The summed E-state index contributed by atoms with van der Waals surface area (Å²) in [7, 11) is 2.69. The molecular weight excluding hydrogens is 188 g/mol. The maximum absolute atomic E-state index is 11.2. The van der Waals surface area contributed by atoms with Crippen LogP contribution in [0.2, 0.25) is 0 Å². The minimum Gasteiger partial charge on any atom is -0.469 e. The minimum atomic E-state index is -0.660. The van der Waals surface area contributed by atoms with Crippen molar-refractivity contribution in [3.63, 3.8) is 0 Å². The fourth-order valence-electron chi connectivity index (χ4n) is 0.814. The fraction of sp³-hybridized carbons (Fsp3) is 0.750. The summed E-state index contributed by atoms with van der Waals surface area (Å²) in [4.78, 5) is 21.9. The number of esters is 1. The van der Waals surface area contributed by atoms with E-state index in [0.717, 1.165) is 0 Å². The molecule has 6 heteroatoms.